The van der Waals surface area contributed by atoms with E-state index in [1.165, 1.54) is 23.5 Å². The Balaban J connectivity index is 1.39. The third kappa shape index (κ3) is 3.99. The van der Waals surface area contributed by atoms with Gasteiger partial charge in [-0.2, -0.15) is 4.98 Å². The van der Waals surface area contributed by atoms with E-state index in [2.05, 4.69) is 15.4 Å². The van der Waals surface area contributed by atoms with Gasteiger partial charge in [-0.15, -0.1) is 16.4 Å². The smallest absolute Gasteiger partial charge is 0.244 e. The number of aromatic nitrogens is 3. The van der Waals surface area contributed by atoms with Gasteiger partial charge in [-0.25, -0.2) is 8.91 Å². The Kier molecular flexibility index (Phi) is 5.25. The maximum atomic E-state index is 14.0. The Morgan fingerprint density at radius 3 is 2.75 bits per heavy atom. The third-order valence-electron chi connectivity index (χ3n) is 4.17. The van der Waals surface area contributed by atoms with Crippen LogP contribution in [0.5, 0.6) is 0 Å². The number of hydrogen-bond donors (Lipinski definition) is 1. The SMILES string of the molecule is O=C(/C=C/c1ccccc1)NCCc1csc2nc(-c3ccccc3F)nn12. The Bertz CT molecular complexity index is 1130. The Hall–Kier alpha value is -3.32. The molecular weight excluding hydrogens is 375 g/mol. The highest BCUT2D eigenvalue weighted by Gasteiger charge is 2.14. The molecule has 140 valence electrons. The van der Waals surface area contributed by atoms with Crippen LogP contribution in [0.3, 0.4) is 0 Å². The molecule has 0 bridgehead atoms. The van der Waals surface area contributed by atoms with Gasteiger partial charge >= 0.3 is 0 Å². The van der Waals surface area contributed by atoms with Crippen molar-refractivity contribution in [3.63, 3.8) is 0 Å². The molecule has 0 aliphatic rings. The average Bonchev–Trinajstić information content (AvgIpc) is 3.29. The fourth-order valence-electron chi connectivity index (χ4n) is 2.76. The van der Waals surface area contributed by atoms with E-state index in [4.69, 9.17) is 0 Å². The molecule has 2 aromatic heterocycles. The molecule has 0 atom stereocenters. The van der Waals surface area contributed by atoms with Gasteiger partial charge in [0.15, 0.2) is 5.82 Å². The van der Waals surface area contributed by atoms with Crippen LogP contribution in [0.4, 0.5) is 4.39 Å². The molecule has 0 spiro atoms. The summed E-state index contributed by atoms with van der Waals surface area (Å²) in [4.78, 5) is 17.1. The van der Waals surface area contributed by atoms with Crippen molar-refractivity contribution in [3.05, 3.63) is 83.1 Å². The molecule has 0 radical (unpaired) electrons. The lowest BCUT2D eigenvalue weighted by atomic mass is 10.2. The first-order valence-corrected chi connectivity index (χ1v) is 9.68. The summed E-state index contributed by atoms with van der Waals surface area (Å²) < 4.78 is 15.7. The summed E-state index contributed by atoms with van der Waals surface area (Å²) in [5, 5.41) is 9.24. The van der Waals surface area contributed by atoms with Gasteiger partial charge in [-0.05, 0) is 23.8 Å². The molecule has 4 rings (SSSR count). The molecule has 1 N–H and O–H groups in total. The highest BCUT2D eigenvalue weighted by molar-refractivity contribution is 7.15. The second kappa shape index (κ2) is 8.14. The monoisotopic (exact) mass is 392 g/mol. The van der Waals surface area contributed by atoms with Gasteiger partial charge in [-0.1, -0.05) is 42.5 Å². The first-order valence-electron chi connectivity index (χ1n) is 8.80. The molecule has 2 heterocycles. The fraction of sp³-hybridized carbons (Fsp3) is 0.0952. The van der Waals surface area contributed by atoms with Crippen LogP contribution in [0.25, 0.3) is 22.4 Å². The van der Waals surface area contributed by atoms with Gasteiger partial charge in [0.1, 0.15) is 5.82 Å². The number of fused-ring (bicyclic) bond motifs is 1. The first-order chi connectivity index (χ1) is 13.7. The van der Waals surface area contributed by atoms with E-state index >= 15 is 0 Å². The van der Waals surface area contributed by atoms with Crippen molar-refractivity contribution in [2.75, 3.05) is 6.54 Å². The number of amides is 1. The second-order valence-corrected chi connectivity index (χ2v) is 6.96. The Morgan fingerprint density at radius 1 is 1.14 bits per heavy atom. The molecule has 1 amide bonds. The molecule has 4 aromatic rings. The standard InChI is InChI=1S/C21H17FN4OS/c22-18-9-5-4-8-17(18)20-24-21-26(25-20)16(14-28-21)12-13-23-19(27)11-10-15-6-2-1-3-7-15/h1-11,14H,12-13H2,(H,23,27)/b11-10+. The third-order valence-corrected chi connectivity index (χ3v) is 5.04. The Morgan fingerprint density at radius 2 is 1.93 bits per heavy atom. The van der Waals surface area contributed by atoms with E-state index < -0.39 is 0 Å². The van der Waals surface area contributed by atoms with E-state index in [1.54, 1.807) is 28.8 Å². The van der Waals surface area contributed by atoms with Gasteiger partial charge in [0.25, 0.3) is 0 Å². The van der Waals surface area contributed by atoms with Gasteiger partial charge < -0.3 is 5.32 Å². The predicted octanol–water partition coefficient (Wildman–Crippen LogP) is 3.97. The average molecular weight is 392 g/mol. The molecule has 5 nitrogen and oxygen atoms in total. The molecule has 0 saturated carbocycles. The zero-order valence-corrected chi connectivity index (χ0v) is 15.7. The zero-order chi connectivity index (χ0) is 19.3. The lowest BCUT2D eigenvalue weighted by Crippen LogP contribution is -2.23. The summed E-state index contributed by atoms with van der Waals surface area (Å²) in [6, 6.07) is 16.1. The van der Waals surface area contributed by atoms with Crippen molar-refractivity contribution in [3.8, 4) is 11.4 Å². The predicted molar refractivity (Wildman–Crippen MR) is 108 cm³/mol. The van der Waals surface area contributed by atoms with Gasteiger partial charge in [0.05, 0.1) is 11.3 Å². The minimum absolute atomic E-state index is 0.152. The van der Waals surface area contributed by atoms with E-state index in [1.807, 2.05) is 35.7 Å². The van der Waals surface area contributed by atoms with Crippen molar-refractivity contribution in [1.29, 1.82) is 0 Å². The molecule has 0 unspecified atom stereocenters. The summed E-state index contributed by atoms with van der Waals surface area (Å²) in [5.74, 6) is -0.137. The number of benzene rings is 2. The lowest BCUT2D eigenvalue weighted by Gasteiger charge is -2.01. The largest absolute Gasteiger partial charge is 0.352 e. The van der Waals surface area contributed by atoms with Gasteiger partial charge in [0, 0.05) is 24.4 Å². The number of nitrogens with one attached hydrogen (secondary N) is 1. The van der Waals surface area contributed by atoms with Crippen molar-refractivity contribution in [2.45, 2.75) is 6.42 Å². The van der Waals surface area contributed by atoms with E-state index in [-0.39, 0.29) is 11.7 Å². The van der Waals surface area contributed by atoms with E-state index in [0.717, 1.165) is 11.3 Å². The topological polar surface area (TPSA) is 59.3 Å². The quantitative estimate of drug-likeness (QED) is 0.505. The first kappa shape index (κ1) is 18.1. The number of carbonyl (C=O) groups excluding carboxylic acids is 1. The molecule has 28 heavy (non-hydrogen) atoms. The highest BCUT2D eigenvalue weighted by Crippen LogP contribution is 2.23. The summed E-state index contributed by atoms with van der Waals surface area (Å²) in [5.41, 5.74) is 2.27. The van der Waals surface area contributed by atoms with Crippen molar-refractivity contribution in [2.24, 2.45) is 0 Å². The molecular formula is C21H17FN4OS. The molecule has 0 aliphatic heterocycles. The molecule has 7 heteroatoms. The van der Waals surface area contributed by atoms with Gasteiger partial charge in [-0.3, -0.25) is 4.79 Å². The zero-order valence-electron chi connectivity index (χ0n) is 14.9. The summed E-state index contributed by atoms with van der Waals surface area (Å²) in [6.07, 6.45) is 3.89. The van der Waals surface area contributed by atoms with Crippen LogP contribution < -0.4 is 5.32 Å². The van der Waals surface area contributed by atoms with Crippen LogP contribution in [0.1, 0.15) is 11.3 Å². The maximum Gasteiger partial charge on any atom is 0.244 e. The minimum atomic E-state index is -0.347. The van der Waals surface area contributed by atoms with Crippen molar-refractivity contribution in [1.82, 2.24) is 19.9 Å². The van der Waals surface area contributed by atoms with Crippen molar-refractivity contribution < 1.29 is 9.18 Å². The minimum Gasteiger partial charge on any atom is -0.352 e. The summed E-state index contributed by atoms with van der Waals surface area (Å²) in [7, 11) is 0. The number of carbonyl (C=O) groups is 1. The molecule has 0 saturated heterocycles. The number of nitrogens with zero attached hydrogens (tertiary/aromatic N) is 3. The normalized spacial score (nSPS) is 11.3. The Labute approximate surface area is 165 Å². The molecule has 2 aromatic carbocycles. The lowest BCUT2D eigenvalue weighted by molar-refractivity contribution is -0.116. The second-order valence-electron chi connectivity index (χ2n) is 6.12. The van der Waals surface area contributed by atoms with E-state index in [0.29, 0.717) is 29.3 Å². The number of rotatable bonds is 6. The summed E-state index contributed by atoms with van der Waals surface area (Å²) in [6.45, 7) is 0.471. The molecule has 0 aliphatic carbocycles. The van der Waals surface area contributed by atoms with Crippen LogP contribution in [0.15, 0.2) is 66.1 Å². The molecule has 0 fully saturated rings. The van der Waals surface area contributed by atoms with Gasteiger partial charge in [0.2, 0.25) is 10.9 Å². The highest BCUT2D eigenvalue weighted by atomic mass is 32.1. The maximum absolute atomic E-state index is 14.0. The van der Waals surface area contributed by atoms with Crippen LogP contribution >= 0.6 is 11.3 Å². The van der Waals surface area contributed by atoms with Crippen LogP contribution in [0, 0.1) is 5.82 Å². The van der Waals surface area contributed by atoms with Crippen LogP contribution in [0.2, 0.25) is 0 Å². The van der Waals surface area contributed by atoms with Crippen molar-refractivity contribution >= 4 is 28.3 Å². The number of halogens is 1. The van der Waals surface area contributed by atoms with Crippen LogP contribution in [-0.2, 0) is 11.2 Å². The number of hydrogen-bond acceptors (Lipinski definition) is 4. The number of thiazole rings is 1. The van der Waals surface area contributed by atoms with E-state index in [9.17, 15) is 9.18 Å². The fourth-order valence-corrected chi connectivity index (χ4v) is 3.62. The summed E-state index contributed by atoms with van der Waals surface area (Å²) >= 11 is 1.44. The van der Waals surface area contributed by atoms with Crippen LogP contribution in [-0.4, -0.2) is 27.0 Å².